The molecule has 25 heavy (non-hydrogen) atoms. The largest absolute Gasteiger partial charge is 0.351 e. The number of hydrogen-bond acceptors (Lipinski definition) is 3. The van der Waals surface area contributed by atoms with Crippen molar-refractivity contribution in [2.24, 2.45) is 0 Å². The van der Waals surface area contributed by atoms with Gasteiger partial charge in [0, 0.05) is 6.54 Å². The normalized spacial score (nSPS) is 11.2. The number of benzene rings is 2. The van der Waals surface area contributed by atoms with E-state index in [1.807, 2.05) is 31.2 Å². The topological polar surface area (TPSA) is 46.9 Å². The lowest BCUT2D eigenvalue weighted by Crippen LogP contribution is -2.25. The summed E-state index contributed by atoms with van der Waals surface area (Å²) in [4.78, 5) is 16.2. The summed E-state index contributed by atoms with van der Waals surface area (Å²) >= 11 is 1.01. The number of para-hydroxylation sites is 2. The molecule has 7 heteroatoms. The van der Waals surface area contributed by atoms with Crippen molar-refractivity contribution in [1.29, 1.82) is 0 Å². The van der Waals surface area contributed by atoms with Gasteiger partial charge in [0.2, 0.25) is 5.91 Å². The second-order valence-electron chi connectivity index (χ2n) is 5.52. The molecule has 1 heterocycles. The summed E-state index contributed by atoms with van der Waals surface area (Å²) in [6.07, 6.45) is 0. The number of hydrogen-bond donors (Lipinski definition) is 1. The van der Waals surface area contributed by atoms with Gasteiger partial charge in [-0.3, -0.25) is 9.36 Å². The number of imidazole rings is 1. The molecule has 0 saturated heterocycles. The van der Waals surface area contributed by atoms with Crippen LogP contribution < -0.4 is 5.32 Å². The smallest absolute Gasteiger partial charge is 0.321 e. The Morgan fingerprint density at radius 3 is 2.68 bits per heavy atom. The molecule has 130 valence electrons. The Balaban J connectivity index is 1.65. The predicted molar refractivity (Wildman–Crippen MR) is 94.7 cm³/mol. The maximum absolute atomic E-state index is 13.3. The molecule has 1 aromatic heterocycles. The molecule has 3 aromatic rings. The Kier molecular flexibility index (Phi) is 5.33. The van der Waals surface area contributed by atoms with E-state index in [-0.39, 0.29) is 16.8 Å². The van der Waals surface area contributed by atoms with E-state index < -0.39 is 6.55 Å². The highest BCUT2D eigenvalue weighted by atomic mass is 32.2. The summed E-state index contributed by atoms with van der Waals surface area (Å²) in [5.74, 6) is -0.191. The van der Waals surface area contributed by atoms with E-state index >= 15 is 0 Å². The van der Waals surface area contributed by atoms with Crippen LogP contribution in [0, 0.1) is 6.92 Å². The second-order valence-corrected chi connectivity index (χ2v) is 6.47. The van der Waals surface area contributed by atoms with Crippen LogP contribution in [0.1, 0.15) is 17.7 Å². The molecule has 3 rings (SSSR count). The first-order valence-corrected chi connectivity index (χ1v) is 8.74. The van der Waals surface area contributed by atoms with Crippen molar-refractivity contribution in [1.82, 2.24) is 14.9 Å². The average molecular weight is 361 g/mol. The van der Waals surface area contributed by atoms with Gasteiger partial charge in [-0.2, -0.15) is 8.78 Å². The number of carbonyl (C=O) groups excluding carboxylic acids is 1. The van der Waals surface area contributed by atoms with Crippen molar-refractivity contribution in [3.8, 4) is 0 Å². The number of nitrogens with one attached hydrogen (secondary N) is 1. The third-order valence-electron chi connectivity index (χ3n) is 3.83. The zero-order chi connectivity index (χ0) is 17.8. The molecule has 0 fully saturated rings. The van der Waals surface area contributed by atoms with Gasteiger partial charge < -0.3 is 5.32 Å². The molecular weight excluding hydrogens is 344 g/mol. The number of aryl methyl sites for hydroxylation is 1. The fourth-order valence-corrected chi connectivity index (χ4v) is 3.34. The highest BCUT2D eigenvalue weighted by molar-refractivity contribution is 7.99. The molecule has 0 atom stereocenters. The fourth-order valence-electron chi connectivity index (χ4n) is 2.50. The van der Waals surface area contributed by atoms with Crippen LogP contribution in [-0.2, 0) is 11.3 Å². The van der Waals surface area contributed by atoms with Crippen molar-refractivity contribution in [2.75, 3.05) is 5.75 Å². The minimum Gasteiger partial charge on any atom is -0.351 e. The Labute approximate surface area is 148 Å². The van der Waals surface area contributed by atoms with Crippen LogP contribution in [-0.4, -0.2) is 21.2 Å². The molecule has 0 saturated carbocycles. The summed E-state index contributed by atoms with van der Waals surface area (Å²) in [7, 11) is 0. The maximum Gasteiger partial charge on any atom is 0.321 e. The standard InChI is InChI=1S/C18H17F2N3OS/c1-12-6-2-3-7-13(12)10-21-16(24)11-25-18-22-14-8-4-5-9-15(14)23(18)17(19)20/h2-9,17H,10-11H2,1H3,(H,21,24). The van der Waals surface area contributed by atoms with Gasteiger partial charge in [0.05, 0.1) is 16.8 Å². The fraction of sp³-hybridized carbons (Fsp3) is 0.222. The molecule has 0 bridgehead atoms. The molecule has 2 aromatic carbocycles. The van der Waals surface area contributed by atoms with E-state index in [2.05, 4.69) is 10.3 Å². The lowest BCUT2D eigenvalue weighted by atomic mass is 10.1. The van der Waals surface area contributed by atoms with Crippen molar-refractivity contribution in [2.45, 2.75) is 25.2 Å². The predicted octanol–water partition coefficient (Wildman–Crippen LogP) is 4.15. The minimum absolute atomic E-state index is 0.0297. The molecule has 0 aliphatic carbocycles. The molecule has 0 aliphatic rings. The van der Waals surface area contributed by atoms with Gasteiger partial charge in [-0.05, 0) is 30.2 Å². The zero-order valence-electron chi connectivity index (χ0n) is 13.6. The highest BCUT2D eigenvalue weighted by Gasteiger charge is 2.18. The van der Waals surface area contributed by atoms with Gasteiger partial charge in [0.1, 0.15) is 0 Å². The number of thioether (sulfide) groups is 1. The average Bonchev–Trinajstić information content (AvgIpc) is 2.98. The Bertz CT molecular complexity index is 895. The summed E-state index contributed by atoms with van der Waals surface area (Å²) in [5.41, 5.74) is 2.97. The number of carbonyl (C=O) groups is 1. The third kappa shape index (κ3) is 3.99. The summed E-state index contributed by atoms with van der Waals surface area (Å²) in [5, 5.41) is 2.95. The van der Waals surface area contributed by atoms with Gasteiger partial charge in [-0.15, -0.1) is 0 Å². The van der Waals surface area contributed by atoms with Crippen LogP contribution in [0.25, 0.3) is 11.0 Å². The Hall–Kier alpha value is -2.41. The first kappa shape index (κ1) is 17.4. The molecule has 0 aliphatic heterocycles. The number of amides is 1. The van der Waals surface area contributed by atoms with E-state index in [9.17, 15) is 13.6 Å². The number of aromatic nitrogens is 2. The monoisotopic (exact) mass is 361 g/mol. The summed E-state index contributed by atoms with van der Waals surface area (Å²) in [6, 6.07) is 14.5. The molecule has 0 radical (unpaired) electrons. The van der Waals surface area contributed by atoms with E-state index in [1.165, 1.54) is 0 Å². The van der Waals surface area contributed by atoms with Crippen LogP contribution >= 0.6 is 11.8 Å². The number of alkyl halides is 2. The van der Waals surface area contributed by atoms with E-state index in [1.54, 1.807) is 24.3 Å². The third-order valence-corrected chi connectivity index (χ3v) is 4.78. The lowest BCUT2D eigenvalue weighted by Gasteiger charge is -2.09. The van der Waals surface area contributed by atoms with Crippen LogP contribution in [0.15, 0.2) is 53.7 Å². The van der Waals surface area contributed by atoms with Crippen molar-refractivity contribution in [3.63, 3.8) is 0 Å². The quantitative estimate of drug-likeness (QED) is 0.671. The van der Waals surface area contributed by atoms with Crippen LogP contribution in [0.4, 0.5) is 8.78 Å². The molecule has 1 N–H and O–H groups in total. The second kappa shape index (κ2) is 7.65. The van der Waals surface area contributed by atoms with Gasteiger partial charge in [0.15, 0.2) is 5.16 Å². The van der Waals surface area contributed by atoms with Crippen LogP contribution in [0.3, 0.4) is 0 Å². The minimum atomic E-state index is -2.70. The Morgan fingerprint density at radius 1 is 1.20 bits per heavy atom. The molecule has 0 unspecified atom stereocenters. The zero-order valence-corrected chi connectivity index (χ0v) is 14.4. The molecule has 1 amide bonds. The highest BCUT2D eigenvalue weighted by Crippen LogP contribution is 2.28. The summed E-state index contributed by atoms with van der Waals surface area (Å²) in [6.45, 7) is -0.316. The molecule has 4 nitrogen and oxygen atoms in total. The van der Waals surface area contributed by atoms with Crippen molar-refractivity contribution >= 4 is 28.7 Å². The van der Waals surface area contributed by atoms with Gasteiger partial charge in [-0.1, -0.05) is 48.2 Å². The van der Waals surface area contributed by atoms with Gasteiger partial charge >= 0.3 is 6.55 Å². The lowest BCUT2D eigenvalue weighted by molar-refractivity contribution is -0.118. The molecular formula is C18H17F2N3OS. The number of halogens is 2. The molecule has 0 spiro atoms. The van der Waals surface area contributed by atoms with Crippen molar-refractivity contribution in [3.05, 3.63) is 59.7 Å². The SMILES string of the molecule is Cc1ccccc1CNC(=O)CSc1nc2ccccc2n1C(F)F. The van der Waals surface area contributed by atoms with Gasteiger partial charge in [0.25, 0.3) is 0 Å². The summed E-state index contributed by atoms with van der Waals surface area (Å²) < 4.78 is 27.5. The van der Waals surface area contributed by atoms with Crippen LogP contribution in [0.2, 0.25) is 0 Å². The number of rotatable bonds is 6. The van der Waals surface area contributed by atoms with E-state index in [0.29, 0.717) is 17.6 Å². The van der Waals surface area contributed by atoms with Crippen molar-refractivity contribution < 1.29 is 13.6 Å². The van der Waals surface area contributed by atoms with Crippen LogP contribution in [0.5, 0.6) is 0 Å². The first-order valence-electron chi connectivity index (χ1n) is 7.75. The van der Waals surface area contributed by atoms with E-state index in [0.717, 1.165) is 27.5 Å². The van der Waals surface area contributed by atoms with Gasteiger partial charge in [-0.25, -0.2) is 4.98 Å². The first-order chi connectivity index (χ1) is 12.1. The number of fused-ring (bicyclic) bond motifs is 1. The maximum atomic E-state index is 13.3. The number of nitrogens with zero attached hydrogens (tertiary/aromatic N) is 2. The van der Waals surface area contributed by atoms with E-state index in [4.69, 9.17) is 0 Å². The Morgan fingerprint density at radius 2 is 1.92 bits per heavy atom.